The highest BCUT2D eigenvalue weighted by molar-refractivity contribution is 5.70. The summed E-state index contributed by atoms with van der Waals surface area (Å²) in [5, 5.41) is 12.6. The summed E-state index contributed by atoms with van der Waals surface area (Å²) in [7, 11) is 0. The minimum Gasteiger partial charge on any atom is -0.481 e. The standard InChI is InChI=1S/C13H25NO2/c1-9(2)7-10(3)14-12-6-4-5-11(8-12)13(15)16/h9-12,14H,4-8H2,1-3H3,(H,15,16). The van der Waals surface area contributed by atoms with Gasteiger partial charge in [-0.2, -0.15) is 0 Å². The van der Waals surface area contributed by atoms with Crippen molar-refractivity contribution in [2.75, 3.05) is 0 Å². The van der Waals surface area contributed by atoms with E-state index in [0.717, 1.165) is 32.1 Å². The molecule has 1 saturated carbocycles. The number of nitrogens with one attached hydrogen (secondary N) is 1. The summed E-state index contributed by atoms with van der Waals surface area (Å²) < 4.78 is 0. The lowest BCUT2D eigenvalue weighted by molar-refractivity contribution is -0.143. The Kier molecular flexibility index (Phi) is 5.26. The van der Waals surface area contributed by atoms with Crippen LogP contribution in [0, 0.1) is 11.8 Å². The molecule has 3 heteroatoms. The molecule has 1 rings (SSSR count). The van der Waals surface area contributed by atoms with Gasteiger partial charge in [-0.15, -0.1) is 0 Å². The molecule has 0 saturated heterocycles. The molecule has 3 unspecified atom stereocenters. The van der Waals surface area contributed by atoms with E-state index in [1.54, 1.807) is 0 Å². The van der Waals surface area contributed by atoms with E-state index >= 15 is 0 Å². The molecule has 0 aromatic heterocycles. The summed E-state index contributed by atoms with van der Waals surface area (Å²) in [6, 6.07) is 0.904. The van der Waals surface area contributed by atoms with Crippen molar-refractivity contribution in [1.82, 2.24) is 5.32 Å². The Bertz CT molecular complexity index is 228. The van der Waals surface area contributed by atoms with Crippen LogP contribution in [0.3, 0.4) is 0 Å². The second-order valence-corrected chi connectivity index (χ2v) is 5.60. The van der Waals surface area contributed by atoms with Crippen LogP contribution in [-0.2, 0) is 4.79 Å². The number of hydrogen-bond acceptors (Lipinski definition) is 2. The van der Waals surface area contributed by atoms with Crippen LogP contribution in [0.5, 0.6) is 0 Å². The smallest absolute Gasteiger partial charge is 0.306 e. The van der Waals surface area contributed by atoms with Gasteiger partial charge in [0.05, 0.1) is 5.92 Å². The van der Waals surface area contributed by atoms with Gasteiger partial charge in [0.2, 0.25) is 0 Å². The third kappa shape index (κ3) is 4.52. The lowest BCUT2D eigenvalue weighted by Gasteiger charge is -2.30. The largest absolute Gasteiger partial charge is 0.481 e. The first-order valence-electron chi connectivity index (χ1n) is 6.48. The fraction of sp³-hybridized carbons (Fsp3) is 0.923. The van der Waals surface area contributed by atoms with Crippen molar-refractivity contribution < 1.29 is 9.90 Å². The molecule has 94 valence electrons. The number of carboxylic acid groups (broad SMARTS) is 1. The summed E-state index contributed by atoms with van der Waals surface area (Å²) in [5.41, 5.74) is 0. The average Bonchev–Trinajstić information content (AvgIpc) is 2.16. The number of carbonyl (C=O) groups is 1. The SMILES string of the molecule is CC(C)CC(C)NC1CCCC(C(=O)O)C1. The van der Waals surface area contributed by atoms with E-state index in [0.29, 0.717) is 18.0 Å². The van der Waals surface area contributed by atoms with Gasteiger partial charge in [0.15, 0.2) is 0 Å². The minimum absolute atomic E-state index is 0.127. The molecule has 0 heterocycles. The zero-order valence-electron chi connectivity index (χ0n) is 10.7. The topological polar surface area (TPSA) is 49.3 Å². The summed E-state index contributed by atoms with van der Waals surface area (Å²) in [6.07, 6.45) is 4.99. The fourth-order valence-corrected chi connectivity index (χ4v) is 2.74. The Morgan fingerprint density at radius 2 is 2.06 bits per heavy atom. The lowest BCUT2D eigenvalue weighted by Crippen LogP contribution is -2.41. The van der Waals surface area contributed by atoms with Gasteiger partial charge in [-0.3, -0.25) is 4.79 Å². The van der Waals surface area contributed by atoms with Crippen LogP contribution in [0.25, 0.3) is 0 Å². The Morgan fingerprint density at radius 3 is 2.62 bits per heavy atom. The number of carboxylic acids is 1. The van der Waals surface area contributed by atoms with E-state index < -0.39 is 5.97 Å². The Balaban J connectivity index is 2.34. The molecule has 0 aromatic rings. The van der Waals surface area contributed by atoms with Gasteiger partial charge in [0.1, 0.15) is 0 Å². The zero-order valence-corrected chi connectivity index (χ0v) is 10.7. The summed E-state index contributed by atoms with van der Waals surface area (Å²) in [4.78, 5) is 10.9. The molecule has 1 aliphatic carbocycles. The Hall–Kier alpha value is -0.570. The maximum absolute atomic E-state index is 10.9. The number of rotatable bonds is 5. The van der Waals surface area contributed by atoms with Gasteiger partial charge in [-0.25, -0.2) is 0 Å². The van der Waals surface area contributed by atoms with E-state index in [2.05, 4.69) is 26.1 Å². The fourth-order valence-electron chi connectivity index (χ4n) is 2.74. The first-order valence-corrected chi connectivity index (χ1v) is 6.48. The molecule has 3 atom stereocenters. The number of hydrogen-bond donors (Lipinski definition) is 2. The molecule has 16 heavy (non-hydrogen) atoms. The quantitative estimate of drug-likeness (QED) is 0.759. The summed E-state index contributed by atoms with van der Waals surface area (Å²) in [5.74, 6) is -0.0538. The van der Waals surface area contributed by atoms with Crippen molar-refractivity contribution >= 4 is 5.97 Å². The molecule has 0 aromatic carbocycles. The van der Waals surface area contributed by atoms with Crippen molar-refractivity contribution in [1.29, 1.82) is 0 Å². The normalized spacial score (nSPS) is 28.0. The Morgan fingerprint density at radius 1 is 1.38 bits per heavy atom. The van der Waals surface area contributed by atoms with Gasteiger partial charge < -0.3 is 10.4 Å². The second-order valence-electron chi connectivity index (χ2n) is 5.60. The van der Waals surface area contributed by atoms with Crippen LogP contribution in [0.2, 0.25) is 0 Å². The van der Waals surface area contributed by atoms with Crippen molar-refractivity contribution in [3.05, 3.63) is 0 Å². The van der Waals surface area contributed by atoms with Gasteiger partial charge in [0.25, 0.3) is 0 Å². The molecule has 0 amide bonds. The maximum atomic E-state index is 10.9. The van der Waals surface area contributed by atoms with Gasteiger partial charge in [0, 0.05) is 12.1 Å². The average molecular weight is 227 g/mol. The predicted molar refractivity (Wildman–Crippen MR) is 65.4 cm³/mol. The molecular weight excluding hydrogens is 202 g/mol. The molecule has 1 fully saturated rings. The lowest BCUT2D eigenvalue weighted by atomic mass is 9.85. The van der Waals surface area contributed by atoms with Crippen molar-refractivity contribution in [2.45, 2.75) is 65.0 Å². The molecule has 2 N–H and O–H groups in total. The molecule has 3 nitrogen and oxygen atoms in total. The highest BCUT2D eigenvalue weighted by atomic mass is 16.4. The first kappa shape index (κ1) is 13.5. The second kappa shape index (κ2) is 6.24. The van der Waals surface area contributed by atoms with Gasteiger partial charge in [-0.1, -0.05) is 20.3 Å². The summed E-state index contributed by atoms with van der Waals surface area (Å²) in [6.45, 7) is 6.64. The van der Waals surface area contributed by atoms with Crippen molar-refractivity contribution in [3.63, 3.8) is 0 Å². The number of aliphatic carboxylic acids is 1. The van der Waals surface area contributed by atoms with Gasteiger partial charge >= 0.3 is 5.97 Å². The highest BCUT2D eigenvalue weighted by Gasteiger charge is 2.27. The van der Waals surface area contributed by atoms with E-state index in [9.17, 15) is 4.79 Å². The van der Waals surface area contributed by atoms with Crippen LogP contribution < -0.4 is 5.32 Å². The third-order valence-corrected chi connectivity index (χ3v) is 3.37. The molecule has 0 spiro atoms. The third-order valence-electron chi connectivity index (χ3n) is 3.37. The predicted octanol–water partition coefficient (Wildman–Crippen LogP) is 2.65. The molecule has 0 aliphatic heterocycles. The zero-order chi connectivity index (χ0) is 12.1. The molecular formula is C13H25NO2. The highest BCUT2D eigenvalue weighted by Crippen LogP contribution is 2.25. The monoisotopic (exact) mass is 227 g/mol. The maximum Gasteiger partial charge on any atom is 0.306 e. The van der Waals surface area contributed by atoms with Crippen LogP contribution in [0.15, 0.2) is 0 Å². The van der Waals surface area contributed by atoms with Crippen LogP contribution in [0.4, 0.5) is 0 Å². The van der Waals surface area contributed by atoms with Crippen molar-refractivity contribution in [2.24, 2.45) is 11.8 Å². The van der Waals surface area contributed by atoms with E-state index in [1.165, 1.54) is 0 Å². The first-order chi connectivity index (χ1) is 7.49. The molecule has 0 radical (unpaired) electrons. The van der Waals surface area contributed by atoms with E-state index in [-0.39, 0.29) is 5.92 Å². The van der Waals surface area contributed by atoms with Crippen LogP contribution in [-0.4, -0.2) is 23.2 Å². The van der Waals surface area contributed by atoms with Crippen LogP contribution >= 0.6 is 0 Å². The molecule has 0 bridgehead atoms. The van der Waals surface area contributed by atoms with Crippen molar-refractivity contribution in [3.8, 4) is 0 Å². The minimum atomic E-state index is -0.622. The van der Waals surface area contributed by atoms with Gasteiger partial charge in [-0.05, 0) is 38.5 Å². The van der Waals surface area contributed by atoms with E-state index in [1.807, 2.05) is 0 Å². The van der Waals surface area contributed by atoms with Crippen LogP contribution in [0.1, 0.15) is 52.9 Å². The van der Waals surface area contributed by atoms with E-state index in [4.69, 9.17) is 5.11 Å². The summed E-state index contributed by atoms with van der Waals surface area (Å²) >= 11 is 0. The molecule has 1 aliphatic rings. The Labute approximate surface area is 98.6 Å².